The zero-order valence-corrected chi connectivity index (χ0v) is 25.5. The Labute approximate surface area is 270 Å². The van der Waals surface area contributed by atoms with E-state index in [-0.39, 0.29) is 11.6 Å². The van der Waals surface area contributed by atoms with Crippen LogP contribution in [0.5, 0.6) is 17.5 Å². The molecule has 0 aliphatic carbocycles. The third-order valence-electron chi connectivity index (χ3n) is 8.21. The van der Waals surface area contributed by atoms with Gasteiger partial charge in [-0.1, -0.05) is 86.6 Å². The molecule has 1 N–H and O–H groups in total. The molecule has 9 heteroatoms. The molecule has 47 heavy (non-hydrogen) atoms. The van der Waals surface area contributed by atoms with Crippen LogP contribution in [0.1, 0.15) is 35.3 Å². The molecule has 1 aliphatic rings. The number of carbonyl (C=O) groups excluding carboxylic acids is 1. The molecule has 5 aromatic carbocycles. The number of hydrogen-bond acceptors (Lipinski definition) is 8. The number of hydrogen-bond donors (Lipinski definition) is 1. The van der Waals surface area contributed by atoms with Crippen molar-refractivity contribution < 1.29 is 24.2 Å². The molecule has 0 amide bonds. The van der Waals surface area contributed by atoms with Crippen LogP contribution in [0, 0.1) is 0 Å². The number of fused-ring (bicyclic) bond motifs is 2. The van der Waals surface area contributed by atoms with Gasteiger partial charge in [0.1, 0.15) is 5.75 Å². The summed E-state index contributed by atoms with van der Waals surface area (Å²) in [6.07, 6.45) is 0. The highest BCUT2D eigenvalue weighted by Gasteiger charge is 2.38. The first-order chi connectivity index (χ1) is 22.8. The summed E-state index contributed by atoms with van der Waals surface area (Å²) in [6, 6.07) is 37.4. The van der Waals surface area contributed by atoms with E-state index in [2.05, 4.69) is 0 Å². The van der Waals surface area contributed by atoms with Gasteiger partial charge in [-0.2, -0.15) is 9.97 Å². The van der Waals surface area contributed by atoms with Crippen LogP contribution in [0.3, 0.4) is 0 Å². The van der Waals surface area contributed by atoms with Crippen LogP contribution in [0.15, 0.2) is 121 Å². The molecule has 0 saturated heterocycles. The fraction of sp³-hybridized carbons (Fsp3) is 0.0789. The van der Waals surface area contributed by atoms with Crippen molar-refractivity contribution >= 4 is 29.5 Å². The molecule has 230 valence electrons. The van der Waals surface area contributed by atoms with Crippen molar-refractivity contribution in [3.05, 3.63) is 138 Å². The summed E-state index contributed by atoms with van der Waals surface area (Å²) in [4.78, 5) is 39.4. The van der Waals surface area contributed by atoms with Gasteiger partial charge in [0.05, 0.1) is 22.6 Å². The van der Waals surface area contributed by atoms with Gasteiger partial charge in [0.15, 0.2) is 17.4 Å². The summed E-state index contributed by atoms with van der Waals surface area (Å²) in [6.45, 7) is 4.42. The zero-order valence-electron chi connectivity index (χ0n) is 25.5. The molecule has 0 unspecified atom stereocenters. The maximum absolute atomic E-state index is 12.0. The number of benzene rings is 5. The Bertz CT molecular complexity index is 2080. The molecule has 0 fully saturated rings. The van der Waals surface area contributed by atoms with E-state index in [4.69, 9.17) is 24.4 Å². The monoisotopic (exact) mass is 620 g/mol. The first kappa shape index (κ1) is 29.4. The van der Waals surface area contributed by atoms with Gasteiger partial charge in [-0.3, -0.25) is 4.79 Å². The molecule has 6 aromatic rings. The second-order valence-corrected chi connectivity index (χ2v) is 11.5. The van der Waals surface area contributed by atoms with E-state index in [9.17, 15) is 14.7 Å². The van der Waals surface area contributed by atoms with Crippen molar-refractivity contribution in [2.24, 2.45) is 0 Å². The van der Waals surface area contributed by atoms with Crippen LogP contribution in [0.25, 0.3) is 22.8 Å². The van der Waals surface area contributed by atoms with Crippen LogP contribution in [-0.4, -0.2) is 32.5 Å². The number of ether oxygens (including phenoxy) is 2. The minimum absolute atomic E-state index is 0.110. The lowest BCUT2D eigenvalue weighted by molar-refractivity contribution is -0.120. The van der Waals surface area contributed by atoms with Crippen LogP contribution in [-0.2, 0) is 10.2 Å². The average Bonchev–Trinajstić information content (AvgIpc) is 3.10. The van der Waals surface area contributed by atoms with E-state index in [1.54, 1.807) is 30.3 Å². The normalized spacial score (nSPS) is 12.9. The summed E-state index contributed by atoms with van der Waals surface area (Å²) in [5.74, 6) is 0.739. The van der Waals surface area contributed by atoms with Crippen LogP contribution < -0.4 is 14.4 Å². The zero-order chi connectivity index (χ0) is 32.5. The topological polar surface area (TPSA) is 115 Å². The lowest BCUT2D eigenvalue weighted by Crippen LogP contribution is -2.31. The van der Waals surface area contributed by atoms with Crippen molar-refractivity contribution in [2.45, 2.75) is 19.3 Å². The Morgan fingerprint density at radius 2 is 1.28 bits per heavy atom. The van der Waals surface area contributed by atoms with Gasteiger partial charge in [0, 0.05) is 16.5 Å². The van der Waals surface area contributed by atoms with E-state index in [1.807, 2.05) is 110 Å². The van der Waals surface area contributed by atoms with E-state index in [0.29, 0.717) is 35.3 Å². The van der Waals surface area contributed by atoms with Crippen LogP contribution in [0.2, 0.25) is 0 Å². The molecule has 1 aliphatic heterocycles. The molecule has 7 rings (SSSR count). The fourth-order valence-corrected chi connectivity index (χ4v) is 5.90. The Morgan fingerprint density at radius 1 is 0.702 bits per heavy atom. The Morgan fingerprint density at radius 3 is 1.89 bits per heavy atom. The molecule has 0 bridgehead atoms. The maximum atomic E-state index is 12.0. The lowest BCUT2D eigenvalue weighted by Gasteiger charge is -2.42. The Kier molecular flexibility index (Phi) is 7.41. The highest BCUT2D eigenvalue weighted by molar-refractivity contribution is 5.93. The fourth-order valence-electron chi connectivity index (χ4n) is 5.90. The summed E-state index contributed by atoms with van der Waals surface area (Å²) < 4.78 is 11.7. The van der Waals surface area contributed by atoms with Gasteiger partial charge < -0.3 is 19.5 Å². The number of carboxylic acids is 1. The Balaban J connectivity index is 1.40. The lowest BCUT2D eigenvalue weighted by atomic mass is 9.73. The summed E-state index contributed by atoms with van der Waals surface area (Å²) in [5, 5.41) is 9.86. The van der Waals surface area contributed by atoms with Gasteiger partial charge in [-0.05, 0) is 59.7 Å². The number of anilines is 3. The molecule has 2 heterocycles. The second-order valence-electron chi connectivity index (χ2n) is 11.5. The third-order valence-corrected chi connectivity index (χ3v) is 8.21. The predicted octanol–water partition coefficient (Wildman–Crippen LogP) is 8.34. The first-order valence-electron chi connectivity index (χ1n) is 14.9. The van der Waals surface area contributed by atoms with Gasteiger partial charge >= 0.3 is 12.0 Å². The molecule has 0 atom stereocenters. The number of aromatic nitrogens is 3. The maximum Gasteiger partial charge on any atom is 0.335 e. The van der Waals surface area contributed by atoms with E-state index >= 15 is 0 Å². The molecule has 0 spiro atoms. The van der Waals surface area contributed by atoms with Gasteiger partial charge in [-0.25, -0.2) is 9.78 Å². The first-order valence-corrected chi connectivity index (χ1v) is 14.9. The van der Waals surface area contributed by atoms with Gasteiger partial charge in [-0.15, -0.1) is 0 Å². The molecular weight excluding hydrogens is 592 g/mol. The van der Waals surface area contributed by atoms with E-state index in [1.165, 1.54) is 0 Å². The van der Waals surface area contributed by atoms with E-state index in [0.717, 1.165) is 33.6 Å². The predicted molar refractivity (Wildman–Crippen MR) is 178 cm³/mol. The quantitative estimate of drug-likeness (QED) is 0.168. The van der Waals surface area contributed by atoms with Gasteiger partial charge in [0.2, 0.25) is 0 Å². The summed E-state index contributed by atoms with van der Waals surface area (Å²) in [5.41, 5.74) is 5.01. The van der Waals surface area contributed by atoms with Crippen molar-refractivity contribution in [3.8, 4) is 40.3 Å². The standard InChI is InChI=1S/C38H28N4O5/c1-38(2)28-21-26(36(44)45)17-19-30(28)42(31-20-18-27(46-23-43)22-29(31)38)32-15-9-10-16-33(32)47-37-40-34(24-11-5-3-6-12-24)39-35(41-37)25-13-7-4-8-14-25/h3-23H,1-2H3,(H,44,45). The number of rotatable bonds is 8. The third kappa shape index (κ3) is 5.44. The molecule has 0 radical (unpaired) electrons. The van der Waals surface area contributed by atoms with E-state index < -0.39 is 11.4 Å². The van der Waals surface area contributed by atoms with Crippen molar-refractivity contribution in [2.75, 3.05) is 4.90 Å². The highest BCUT2D eigenvalue weighted by Crippen LogP contribution is 2.54. The largest absolute Gasteiger partial charge is 0.478 e. The summed E-state index contributed by atoms with van der Waals surface area (Å²) >= 11 is 0. The molecule has 1 aromatic heterocycles. The number of carbonyl (C=O) groups is 2. The minimum Gasteiger partial charge on any atom is -0.478 e. The number of nitrogens with zero attached hydrogens (tertiary/aromatic N) is 4. The number of para-hydroxylation sites is 2. The highest BCUT2D eigenvalue weighted by atomic mass is 16.5. The van der Waals surface area contributed by atoms with Crippen molar-refractivity contribution in [3.63, 3.8) is 0 Å². The number of carboxylic acid groups (broad SMARTS) is 1. The average molecular weight is 621 g/mol. The molecule has 9 nitrogen and oxygen atoms in total. The van der Waals surface area contributed by atoms with Crippen molar-refractivity contribution in [1.29, 1.82) is 0 Å². The van der Waals surface area contributed by atoms with Gasteiger partial charge in [0.25, 0.3) is 6.47 Å². The molecule has 0 saturated carbocycles. The molecular formula is C38H28N4O5. The van der Waals surface area contributed by atoms with Crippen LogP contribution in [0.4, 0.5) is 17.1 Å². The SMILES string of the molecule is CC1(C)c2cc(OC=O)ccc2N(c2ccccc2Oc2nc(-c3ccccc3)nc(-c3ccccc3)n2)c2ccc(C(=O)O)cc21. The van der Waals surface area contributed by atoms with Crippen molar-refractivity contribution in [1.82, 2.24) is 15.0 Å². The second kappa shape index (κ2) is 11.9. The Hall–Kier alpha value is -6.35. The minimum atomic E-state index is -1.03. The number of aromatic carboxylic acids is 1. The van der Waals surface area contributed by atoms with Crippen LogP contribution >= 0.6 is 0 Å². The summed E-state index contributed by atoms with van der Waals surface area (Å²) in [7, 11) is 0. The smallest absolute Gasteiger partial charge is 0.335 e.